The molecule has 1 aliphatic rings. The van der Waals surface area contributed by atoms with E-state index in [0.29, 0.717) is 30.3 Å². The van der Waals surface area contributed by atoms with E-state index in [-0.39, 0.29) is 4.99 Å². The summed E-state index contributed by atoms with van der Waals surface area (Å²) in [4.78, 5) is 0.248. The van der Waals surface area contributed by atoms with Crippen molar-refractivity contribution in [2.45, 2.75) is 19.8 Å². The van der Waals surface area contributed by atoms with E-state index in [1.54, 1.807) is 24.3 Å². The van der Waals surface area contributed by atoms with Crippen LogP contribution >= 0.6 is 12.2 Å². The fourth-order valence-electron chi connectivity index (χ4n) is 2.31. The molecule has 3 N–H and O–H groups in total. The van der Waals surface area contributed by atoms with Gasteiger partial charge in [-0.2, -0.15) is 12.7 Å². The highest BCUT2D eigenvalue weighted by molar-refractivity contribution is 7.90. The molecule has 1 fully saturated rings. The first-order chi connectivity index (χ1) is 9.38. The molecule has 0 aromatic heterocycles. The Morgan fingerprint density at radius 1 is 1.50 bits per heavy atom. The lowest BCUT2D eigenvalue weighted by molar-refractivity contribution is 0.282. The van der Waals surface area contributed by atoms with Crippen LogP contribution in [0.5, 0.6) is 0 Å². The monoisotopic (exact) mass is 313 g/mol. The van der Waals surface area contributed by atoms with Crippen LogP contribution in [0.4, 0.5) is 5.69 Å². The highest BCUT2D eigenvalue weighted by Crippen LogP contribution is 2.20. The van der Waals surface area contributed by atoms with Gasteiger partial charge in [-0.3, -0.25) is 4.72 Å². The summed E-state index contributed by atoms with van der Waals surface area (Å²) < 4.78 is 28.7. The number of benzene rings is 1. The molecule has 1 unspecified atom stereocenters. The number of nitrogens with one attached hydrogen (secondary N) is 1. The molecule has 1 heterocycles. The minimum atomic E-state index is -3.51. The third-order valence-corrected chi connectivity index (χ3v) is 5.09. The molecule has 1 aromatic carbocycles. The first-order valence-corrected chi connectivity index (χ1v) is 8.41. The van der Waals surface area contributed by atoms with Gasteiger partial charge in [0.1, 0.15) is 4.99 Å². The van der Waals surface area contributed by atoms with Crippen LogP contribution in [-0.2, 0) is 10.2 Å². The Hall–Kier alpha value is -1.18. The second-order valence-electron chi connectivity index (χ2n) is 5.16. The fourth-order valence-corrected chi connectivity index (χ4v) is 3.82. The molecule has 0 radical (unpaired) electrons. The molecule has 20 heavy (non-hydrogen) atoms. The van der Waals surface area contributed by atoms with E-state index in [1.807, 2.05) is 0 Å². The molecule has 7 heteroatoms. The zero-order chi connectivity index (χ0) is 14.8. The van der Waals surface area contributed by atoms with Crippen molar-refractivity contribution in [3.8, 4) is 0 Å². The van der Waals surface area contributed by atoms with Crippen LogP contribution in [0.2, 0.25) is 0 Å². The average Bonchev–Trinajstić information content (AvgIpc) is 2.38. The van der Waals surface area contributed by atoms with E-state index in [1.165, 1.54) is 4.31 Å². The number of thiocarbonyl (C=S) groups is 1. The van der Waals surface area contributed by atoms with E-state index in [4.69, 9.17) is 18.0 Å². The first kappa shape index (κ1) is 15.2. The van der Waals surface area contributed by atoms with E-state index >= 15 is 0 Å². The van der Waals surface area contributed by atoms with Crippen LogP contribution in [0.15, 0.2) is 24.3 Å². The van der Waals surface area contributed by atoms with Crippen LogP contribution in [0.25, 0.3) is 0 Å². The first-order valence-electron chi connectivity index (χ1n) is 6.56. The Labute approximate surface area is 125 Å². The lowest BCUT2D eigenvalue weighted by Crippen LogP contribution is -2.42. The van der Waals surface area contributed by atoms with Gasteiger partial charge in [0.2, 0.25) is 0 Å². The van der Waals surface area contributed by atoms with E-state index in [0.717, 1.165) is 12.8 Å². The normalized spacial score (nSPS) is 20.6. The van der Waals surface area contributed by atoms with Gasteiger partial charge in [0.15, 0.2) is 0 Å². The highest BCUT2D eigenvalue weighted by Gasteiger charge is 2.26. The van der Waals surface area contributed by atoms with Gasteiger partial charge in [0.05, 0.1) is 5.69 Å². The van der Waals surface area contributed by atoms with Gasteiger partial charge in [0.25, 0.3) is 0 Å². The van der Waals surface area contributed by atoms with Crippen molar-refractivity contribution in [2.75, 3.05) is 17.8 Å². The summed E-state index contributed by atoms with van der Waals surface area (Å²) in [5.41, 5.74) is 6.68. The summed E-state index contributed by atoms with van der Waals surface area (Å²) in [6, 6.07) is 6.81. The third-order valence-electron chi connectivity index (χ3n) is 3.35. The topological polar surface area (TPSA) is 75.4 Å². The quantitative estimate of drug-likeness (QED) is 0.830. The summed E-state index contributed by atoms with van der Waals surface area (Å²) in [7, 11) is -3.51. The summed E-state index contributed by atoms with van der Waals surface area (Å²) in [5.74, 6) is 0.392. The Morgan fingerprint density at radius 3 is 2.90 bits per heavy atom. The second kappa shape index (κ2) is 6.07. The summed E-state index contributed by atoms with van der Waals surface area (Å²) >= 11 is 4.89. The van der Waals surface area contributed by atoms with Crippen LogP contribution in [0.1, 0.15) is 25.3 Å². The van der Waals surface area contributed by atoms with Crippen molar-refractivity contribution in [2.24, 2.45) is 11.7 Å². The molecule has 0 amide bonds. The van der Waals surface area contributed by atoms with E-state index in [9.17, 15) is 8.42 Å². The highest BCUT2D eigenvalue weighted by atomic mass is 32.2. The maximum absolute atomic E-state index is 12.3. The predicted octanol–water partition coefficient (Wildman–Crippen LogP) is 1.71. The van der Waals surface area contributed by atoms with Crippen LogP contribution in [-0.4, -0.2) is 30.8 Å². The SMILES string of the molecule is CC1CCCN(S(=O)(=O)Nc2cccc(C(N)=S)c2)C1. The van der Waals surface area contributed by atoms with Gasteiger partial charge in [-0.15, -0.1) is 0 Å². The molecule has 0 spiro atoms. The fraction of sp³-hybridized carbons (Fsp3) is 0.462. The predicted molar refractivity (Wildman–Crippen MR) is 84.8 cm³/mol. The number of piperidine rings is 1. The lowest BCUT2D eigenvalue weighted by atomic mass is 10.0. The number of nitrogens with two attached hydrogens (primary N) is 1. The number of hydrogen-bond acceptors (Lipinski definition) is 3. The Kier molecular flexibility index (Phi) is 4.62. The Bertz CT molecular complexity index is 601. The number of hydrogen-bond donors (Lipinski definition) is 2. The van der Waals surface area contributed by atoms with Crippen molar-refractivity contribution in [3.05, 3.63) is 29.8 Å². The molecule has 1 atom stereocenters. The van der Waals surface area contributed by atoms with Crippen molar-refractivity contribution in [1.29, 1.82) is 0 Å². The summed E-state index contributed by atoms with van der Waals surface area (Å²) in [6.45, 7) is 3.19. The molecule has 1 aromatic rings. The van der Waals surface area contributed by atoms with E-state index in [2.05, 4.69) is 11.6 Å². The number of rotatable bonds is 4. The number of nitrogens with zero attached hydrogens (tertiary/aromatic N) is 1. The largest absolute Gasteiger partial charge is 0.389 e. The lowest BCUT2D eigenvalue weighted by Gasteiger charge is -2.30. The van der Waals surface area contributed by atoms with E-state index < -0.39 is 10.2 Å². The summed E-state index contributed by atoms with van der Waals surface area (Å²) in [5, 5.41) is 0. The molecule has 0 saturated carbocycles. The molecular formula is C13H19N3O2S2. The third kappa shape index (κ3) is 3.68. The van der Waals surface area contributed by atoms with Gasteiger partial charge in [-0.25, -0.2) is 0 Å². The standard InChI is InChI=1S/C13H19N3O2S2/c1-10-4-3-7-16(9-10)20(17,18)15-12-6-2-5-11(8-12)13(14)19/h2,5-6,8,10,15H,3-4,7,9H2,1H3,(H2,14,19). The van der Waals surface area contributed by atoms with Gasteiger partial charge >= 0.3 is 10.2 Å². The maximum Gasteiger partial charge on any atom is 0.301 e. The molecule has 1 saturated heterocycles. The minimum Gasteiger partial charge on any atom is -0.389 e. The van der Waals surface area contributed by atoms with Crippen LogP contribution in [0.3, 0.4) is 0 Å². The van der Waals surface area contributed by atoms with Crippen molar-refractivity contribution in [1.82, 2.24) is 4.31 Å². The minimum absolute atomic E-state index is 0.248. The molecule has 110 valence electrons. The van der Waals surface area contributed by atoms with Crippen molar-refractivity contribution >= 4 is 33.1 Å². The summed E-state index contributed by atoms with van der Waals surface area (Å²) in [6.07, 6.45) is 1.97. The molecule has 5 nitrogen and oxygen atoms in total. The zero-order valence-corrected chi connectivity index (χ0v) is 13.0. The van der Waals surface area contributed by atoms with Crippen molar-refractivity contribution in [3.63, 3.8) is 0 Å². The molecule has 0 aliphatic carbocycles. The van der Waals surface area contributed by atoms with Gasteiger partial charge < -0.3 is 5.73 Å². The van der Waals surface area contributed by atoms with Gasteiger partial charge in [0, 0.05) is 18.7 Å². The molecule has 0 bridgehead atoms. The van der Waals surface area contributed by atoms with Gasteiger partial charge in [-0.05, 0) is 30.9 Å². The van der Waals surface area contributed by atoms with Crippen molar-refractivity contribution < 1.29 is 8.42 Å². The van der Waals surface area contributed by atoms with Crippen LogP contribution < -0.4 is 10.5 Å². The Balaban J connectivity index is 2.15. The van der Waals surface area contributed by atoms with Gasteiger partial charge in [-0.1, -0.05) is 31.3 Å². The second-order valence-corrected chi connectivity index (χ2v) is 7.27. The average molecular weight is 313 g/mol. The van der Waals surface area contributed by atoms with Crippen LogP contribution in [0, 0.1) is 5.92 Å². The number of anilines is 1. The Morgan fingerprint density at radius 2 is 2.25 bits per heavy atom. The molecule has 2 rings (SSSR count). The molecular weight excluding hydrogens is 294 g/mol. The smallest absolute Gasteiger partial charge is 0.301 e. The zero-order valence-electron chi connectivity index (χ0n) is 11.4. The molecule has 1 aliphatic heterocycles. The maximum atomic E-state index is 12.3.